The second kappa shape index (κ2) is 13.5. The van der Waals surface area contributed by atoms with Crippen molar-refractivity contribution < 1.29 is 14.3 Å². The highest BCUT2D eigenvalue weighted by Crippen LogP contribution is 2.31. The largest absolute Gasteiger partial charge is 0.453 e. The van der Waals surface area contributed by atoms with Crippen LogP contribution in [0.2, 0.25) is 10.2 Å². The maximum atomic E-state index is 13.2. The standard InChI is InChI=1S/C28H27Cl2N9O3/c1-42-28(41)33-21-6-2-18(3-7-21)22-14-24(35-36-27(22)30)23(12-17-10-11-31-15-17)34-26(40)9-4-19-13-20(29)5-8-25(19)39-16-32-37-38-39/h2-9,13-14,16-17,23,31H,10-12,15H2,1H3,(H,33,41)(H,34,40)/b9-4+. The molecular weight excluding hydrogens is 581 g/mol. The summed E-state index contributed by atoms with van der Waals surface area (Å²) in [7, 11) is 1.30. The number of aromatic nitrogens is 6. The van der Waals surface area contributed by atoms with E-state index in [1.165, 1.54) is 24.2 Å². The molecule has 12 nitrogen and oxygen atoms in total. The molecule has 1 saturated heterocycles. The van der Waals surface area contributed by atoms with E-state index in [0.29, 0.717) is 45.6 Å². The van der Waals surface area contributed by atoms with Crippen LogP contribution in [0.15, 0.2) is 60.9 Å². The molecule has 216 valence electrons. The molecule has 0 bridgehead atoms. The number of hydrogen-bond acceptors (Lipinski definition) is 9. The fraction of sp³-hybridized carbons (Fsp3) is 0.250. The number of anilines is 1. The van der Waals surface area contributed by atoms with Crippen molar-refractivity contribution in [2.75, 3.05) is 25.5 Å². The number of methoxy groups -OCH3 is 1. The Hall–Kier alpha value is -4.39. The molecule has 4 aromatic rings. The number of benzene rings is 2. The first-order chi connectivity index (χ1) is 20.4. The molecule has 14 heteroatoms. The lowest BCUT2D eigenvalue weighted by molar-refractivity contribution is -0.117. The topological polar surface area (TPSA) is 149 Å². The summed E-state index contributed by atoms with van der Waals surface area (Å²) in [4.78, 5) is 24.7. The molecule has 0 aliphatic carbocycles. The Morgan fingerprint density at radius 2 is 2.00 bits per heavy atom. The maximum Gasteiger partial charge on any atom is 0.411 e. The van der Waals surface area contributed by atoms with Crippen molar-refractivity contribution in [3.05, 3.63) is 82.4 Å². The minimum absolute atomic E-state index is 0.219. The quantitative estimate of drug-likeness (QED) is 0.234. The molecule has 2 aromatic carbocycles. The van der Waals surface area contributed by atoms with Gasteiger partial charge in [0.25, 0.3) is 0 Å². The van der Waals surface area contributed by atoms with Crippen LogP contribution in [-0.4, -0.2) is 62.6 Å². The van der Waals surface area contributed by atoms with Crippen molar-refractivity contribution in [1.82, 2.24) is 41.0 Å². The lowest BCUT2D eigenvalue weighted by Crippen LogP contribution is -2.30. The van der Waals surface area contributed by atoms with E-state index in [4.69, 9.17) is 23.2 Å². The van der Waals surface area contributed by atoms with Gasteiger partial charge in [0.05, 0.1) is 24.5 Å². The van der Waals surface area contributed by atoms with Gasteiger partial charge in [-0.25, -0.2) is 4.79 Å². The highest BCUT2D eigenvalue weighted by atomic mass is 35.5. The number of hydrogen-bond donors (Lipinski definition) is 3. The van der Waals surface area contributed by atoms with E-state index in [9.17, 15) is 9.59 Å². The summed E-state index contributed by atoms with van der Waals surface area (Å²) < 4.78 is 6.13. The lowest BCUT2D eigenvalue weighted by Gasteiger charge is -2.21. The van der Waals surface area contributed by atoms with Crippen LogP contribution < -0.4 is 16.0 Å². The van der Waals surface area contributed by atoms with Gasteiger partial charge in [-0.1, -0.05) is 35.3 Å². The lowest BCUT2D eigenvalue weighted by atomic mass is 9.95. The minimum atomic E-state index is -0.565. The van der Waals surface area contributed by atoms with Crippen molar-refractivity contribution in [1.29, 1.82) is 0 Å². The van der Waals surface area contributed by atoms with E-state index in [-0.39, 0.29) is 11.1 Å². The maximum absolute atomic E-state index is 13.2. The molecule has 3 heterocycles. The Morgan fingerprint density at radius 1 is 1.17 bits per heavy atom. The van der Waals surface area contributed by atoms with Crippen LogP contribution in [0.1, 0.15) is 30.1 Å². The molecule has 1 aliphatic heterocycles. The Kier molecular flexibility index (Phi) is 9.37. The number of amides is 2. The molecule has 1 aliphatic rings. The van der Waals surface area contributed by atoms with E-state index < -0.39 is 12.1 Å². The molecule has 2 amide bonds. The predicted octanol–water partition coefficient (Wildman–Crippen LogP) is 4.47. The third-order valence-corrected chi connectivity index (χ3v) is 7.31. The summed E-state index contributed by atoms with van der Waals surface area (Å²) in [6, 6.07) is 13.7. The van der Waals surface area contributed by atoms with Crippen molar-refractivity contribution in [2.24, 2.45) is 5.92 Å². The number of nitrogens with one attached hydrogen (secondary N) is 3. The predicted molar refractivity (Wildman–Crippen MR) is 158 cm³/mol. The number of carbonyl (C=O) groups excluding carboxylic acids is 2. The fourth-order valence-electron chi connectivity index (χ4n) is 4.69. The van der Waals surface area contributed by atoms with Gasteiger partial charge in [-0.15, -0.1) is 10.2 Å². The minimum Gasteiger partial charge on any atom is -0.453 e. The normalized spacial score (nSPS) is 15.5. The van der Waals surface area contributed by atoms with Gasteiger partial charge in [0, 0.05) is 27.9 Å². The Morgan fingerprint density at radius 3 is 2.71 bits per heavy atom. The zero-order valence-corrected chi connectivity index (χ0v) is 24.0. The number of tetrazole rings is 1. The molecule has 2 atom stereocenters. The summed E-state index contributed by atoms with van der Waals surface area (Å²) in [6.07, 6.45) is 5.66. The Balaban J connectivity index is 1.39. The summed E-state index contributed by atoms with van der Waals surface area (Å²) >= 11 is 12.7. The monoisotopic (exact) mass is 607 g/mol. The van der Waals surface area contributed by atoms with Crippen LogP contribution in [0.4, 0.5) is 10.5 Å². The van der Waals surface area contributed by atoms with Crippen LogP contribution in [0.3, 0.4) is 0 Å². The molecule has 5 rings (SSSR count). The van der Waals surface area contributed by atoms with Crippen LogP contribution >= 0.6 is 23.2 Å². The number of nitrogens with zero attached hydrogens (tertiary/aromatic N) is 6. The third-order valence-electron chi connectivity index (χ3n) is 6.80. The van der Waals surface area contributed by atoms with Gasteiger partial charge in [0.1, 0.15) is 6.33 Å². The summed E-state index contributed by atoms with van der Waals surface area (Å²) in [5.41, 5.74) is 3.91. The van der Waals surface area contributed by atoms with Crippen molar-refractivity contribution in [3.8, 4) is 16.8 Å². The Labute approximate surface area is 251 Å². The Bertz CT molecular complexity index is 1570. The average molecular weight is 608 g/mol. The van der Waals surface area contributed by atoms with Crippen molar-refractivity contribution >= 4 is 47.0 Å². The van der Waals surface area contributed by atoms with E-state index >= 15 is 0 Å². The molecule has 3 N–H and O–H groups in total. The molecule has 0 radical (unpaired) electrons. The summed E-state index contributed by atoms with van der Waals surface area (Å²) in [6.45, 7) is 1.77. The van der Waals surface area contributed by atoms with Gasteiger partial charge < -0.3 is 15.4 Å². The van der Waals surface area contributed by atoms with E-state index in [1.54, 1.807) is 36.4 Å². The molecule has 0 spiro atoms. The highest BCUT2D eigenvalue weighted by molar-refractivity contribution is 6.32. The second-order valence-electron chi connectivity index (χ2n) is 9.61. The van der Waals surface area contributed by atoms with Crippen LogP contribution in [0.25, 0.3) is 22.9 Å². The van der Waals surface area contributed by atoms with Gasteiger partial charge in [0.2, 0.25) is 5.91 Å². The fourth-order valence-corrected chi connectivity index (χ4v) is 5.08. The van der Waals surface area contributed by atoms with E-state index in [0.717, 1.165) is 25.1 Å². The second-order valence-corrected chi connectivity index (χ2v) is 10.4. The first kappa shape index (κ1) is 29.1. The number of halogens is 2. The number of ether oxygens (including phenoxy) is 1. The van der Waals surface area contributed by atoms with Gasteiger partial charge in [-0.2, -0.15) is 9.78 Å². The van der Waals surface area contributed by atoms with Gasteiger partial charge in [-0.3, -0.25) is 10.1 Å². The molecule has 2 unspecified atom stereocenters. The number of rotatable bonds is 9. The summed E-state index contributed by atoms with van der Waals surface area (Å²) in [5.74, 6) is 0.0355. The van der Waals surface area contributed by atoms with Gasteiger partial charge >= 0.3 is 6.09 Å². The summed E-state index contributed by atoms with van der Waals surface area (Å²) in [5, 5.41) is 29.6. The third kappa shape index (κ3) is 7.27. The zero-order valence-electron chi connectivity index (χ0n) is 22.5. The van der Waals surface area contributed by atoms with Crippen LogP contribution in [-0.2, 0) is 9.53 Å². The molecule has 1 fully saturated rings. The van der Waals surface area contributed by atoms with Gasteiger partial charge in [-0.05, 0) is 90.3 Å². The smallest absolute Gasteiger partial charge is 0.411 e. The molecule has 42 heavy (non-hydrogen) atoms. The van der Waals surface area contributed by atoms with Crippen LogP contribution in [0, 0.1) is 5.92 Å². The van der Waals surface area contributed by atoms with Crippen LogP contribution in [0.5, 0.6) is 0 Å². The molecule has 2 aromatic heterocycles. The zero-order chi connectivity index (χ0) is 29.5. The molecule has 0 saturated carbocycles. The SMILES string of the molecule is COC(=O)Nc1ccc(-c2cc(C(CC3CCNC3)NC(=O)/C=C/c3cc(Cl)ccc3-n3cnnn3)nnc2Cl)cc1. The van der Waals surface area contributed by atoms with E-state index in [1.807, 2.05) is 18.2 Å². The van der Waals surface area contributed by atoms with E-state index in [2.05, 4.69) is 46.4 Å². The number of carbonyl (C=O) groups is 2. The van der Waals surface area contributed by atoms with Crippen molar-refractivity contribution in [3.63, 3.8) is 0 Å². The first-order valence-electron chi connectivity index (χ1n) is 13.1. The molecular formula is C28H27Cl2N9O3. The highest BCUT2D eigenvalue weighted by Gasteiger charge is 2.24. The average Bonchev–Trinajstić information content (AvgIpc) is 3.72. The van der Waals surface area contributed by atoms with Gasteiger partial charge in [0.15, 0.2) is 5.15 Å². The first-order valence-corrected chi connectivity index (χ1v) is 13.9. The van der Waals surface area contributed by atoms with Crippen molar-refractivity contribution in [2.45, 2.75) is 18.9 Å².